The van der Waals surface area contributed by atoms with E-state index in [1.807, 2.05) is 0 Å². The van der Waals surface area contributed by atoms with Crippen molar-refractivity contribution in [2.45, 2.75) is 25.9 Å². The van der Waals surface area contributed by atoms with E-state index in [1.54, 1.807) is 6.92 Å². The Morgan fingerprint density at radius 1 is 1.33 bits per heavy atom. The molecule has 1 fully saturated rings. The van der Waals surface area contributed by atoms with Crippen LogP contribution in [0.4, 0.5) is 10.1 Å². The van der Waals surface area contributed by atoms with Gasteiger partial charge in [0.1, 0.15) is 11.9 Å². The summed E-state index contributed by atoms with van der Waals surface area (Å²) in [6, 6.07) is 2.75. The number of nitrogens with two attached hydrogens (primary N) is 1. The maximum Gasteiger partial charge on any atom is 0.167 e. The summed E-state index contributed by atoms with van der Waals surface area (Å²) in [6.45, 7) is 3.57. The Labute approximate surface area is 106 Å². The first-order valence-corrected chi connectivity index (χ1v) is 6.17. The molecule has 2 rings (SSSR count). The average molecular weight is 255 g/mol. The minimum absolute atomic E-state index is 0.0704. The van der Waals surface area contributed by atoms with Gasteiger partial charge in [0.05, 0.1) is 25.5 Å². The number of hydrogen-bond acceptors (Lipinski definition) is 4. The maximum atomic E-state index is 13.5. The number of benzene rings is 1. The average Bonchev–Trinajstić information content (AvgIpc) is 2.37. The normalized spacial score (nSPS) is 16.6. The van der Waals surface area contributed by atoms with E-state index in [0.717, 1.165) is 12.8 Å². The van der Waals surface area contributed by atoms with Gasteiger partial charge in [-0.1, -0.05) is 0 Å². The van der Waals surface area contributed by atoms with Gasteiger partial charge >= 0.3 is 0 Å². The standard InChI is InChI=1S/C13H18FNO3/c1-2-17-12-8-13(11(15)7-10(12)14)18-9-3-5-16-6-4-9/h7-9H,2-6,15H2,1H3. The predicted molar refractivity (Wildman–Crippen MR) is 66.5 cm³/mol. The van der Waals surface area contributed by atoms with Crippen molar-refractivity contribution in [3.63, 3.8) is 0 Å². The minimum atomic E-state index is -0.464. The number of nitrogen functional groups attached to an aromatic ring is 1. The zero-order chi connectivity index (χ0) is 13.0. The van der Waals surface area contributed by atoms with Gasteiger partial charge < -0.3 is 19.9 Å². The Kier molecular flexibility index (Phi) is 4.25. The van der Waals surface area contributed by atoms with E-state index in [2.05, 4.69) is 0 Å². The zero-order valence-corrected chi connectivity index (χ0v) is 10.4. The molecule has 0 atom stereocenters. The Morgan fingerprint density at radius 3 is 2.72 bits per heavy atom. The van der Waals surface area contributed by atoms with E-state index < -0.39 is 5.82 Å². The molecule has 0 amide bonds. The van der Waals surface area contributed by atoms with Crippen molar-refractivity contribution in [2.24, 2.45) is 0 Å². The first-order chi connectivity index (χ1) is 8.70. The second-order valence-corrected chi connectivity index (χ2v) is 4.18. The van der Waals surface area contributed by atoms with Crippen LogP contribution >= 0.6 is 0 Å². The Hall–Kier alpha value is -1.49. The summed E-state index contributed by atoms with van der Waals surface area (Å²) in [4.78, 5) is 0. The molecule has 0 saturated carbocycles. The molecule has 1 aliphatic rings. The highest BCUT2D eigenvalue weighted by atomic mass is 19.1. The minimum Gasteiger partial charge on any atom is -0.491 e. The van der Waals surface area contributed by atoms with E-state index in [1.165, 1.54) is 12.1 Å². The van der Waals surface area contributed by atoms with Gasteiger partial charge in [-0.2, -0.15) is 0 Å². The number of rotatable bonds is 4. The third-order valence-corrected chi connectivity index (χ3v) is 2.83. The fraction of sp³-hybridized carbons (Fsp3) is 0.538. The Bertz CT molecular complexity index is 405. The predicted octanol–water partition coefficient (Wildman–Crippen LogP) is 2.36. The van der Waals surface area contributed by atoms with E-state index in [-0.39, 0.29) is 11.9 Å². The molecule has 0 spiro atoms. The SMILES string of the molecule is CCOc1cc(OC2CCOCC2)c(N)cc1F. The van der Waals surface area contributed by atoms with Crippen molar-refractivity contribution in [3.05, 3.63) is 17.9 Å². The summed E-state index contributed by atoms with van der Waals surface area (Å²) >= 11 is 0. The van der Waals surface area contributed by atoms with E-state index >= 15 is 0 Å². The smallest absolute Gasteiger partial charge is 0.167 e. The van der Waals surface area contributed by atoms with Gasteiger partial charge in [0, 0.05) is 25.0 Å². The molecule has 0 aliphatic carbocycles. The monoisotopic (exact) mass is 255 g/mol. The van der Waals surface area contributed by atoms with Gasteiger partial charge in [0.15, 0.2) is 11.6 Å². The molecule has 100 valence electrons. The lowest BCUT2D eigenvalue weighted by Gasteiger charge is -2.24. The van der Waals surface area contributed by atoms with Gasteiger partial charge in [-0.25, -0.2) is 4.39 Å². The molecule has 1 aliphatic heterocycles. The molecule has 18 heavy (non-hydrogen) atoms. The third-order valence-electron chi connectivity index (χ3n) is 2.83. The van der Waals surface area contributed by atoms with Crippen LogP contribution in [0.5, 0.6) is 11.5 Å². The maximum absolute atomic E-state index is 13.5. The zero-order valence-electron chi connectivity index (χ0n) is 10.4. The third kappa shape index (κ3) is 3.04. The first kappa shape index (κ1) is 13.0. The summed E-state index contributed by atoms with van der Waals surface area (Å²) in [7, 11) is 0. The molecule has 0 radical (unpaired) electrons. The summed E-state index contributed by atoms with van der Waals surface area (Å²) in [6.07, 6.45) is 1.71. The lowest BCUT2D eigenvalue weighted by molar-refractivity contribution is 0.0257. The number of anilines is 1. The van der Waals surface area contributed by atoms with Crippen molar-refractivity contribution in [2.75, 3.05) is 25.6 Å². The molecule has 5 heteroatoms. The van der Waals surface area contributed by atoms with E-state index in [0.29, 0.717) is 31.3 Å². The highest BCUT2D eigenvalue weighted by molar-refractivity contribution is 5.56. The molecular weight excluding hydrogens is 237 g/mol. The summed E-state index contributed by atoms with van der Waals surface area (Å²) in [5.74, 6) is 0.189. The van der Waals surface area contributed by atoms with Crippen LogP contribution in [-0.4, -0.2) is 25.9 Å². The van der Waals surface area contributed by atoms with E-state index in [4.69, 9.17) is 19.9 Å². The van der Waals surface area contributed by atoms with Gasteiger partial charge in [-0.3, -0.25) is 0 Å². The summed E-state index contributed by atoms with van der Waals surface area (Å²) < 4.78 is 29.7. The van der Waals surface area contributed by atoms with Crippen molar-refractivity contribution in [1.29, 1.82) is 0 Å². The number of hydrogen-bond donors (Lipinski definition) is 1. The van der Waals surface area contributed by atoms with Crippen molar-refractivity contribution in [3.8, 4) is 11.5 Å². The molecule has 4 nitrogen and oxygen atoms in total. The van der Waals surface area contributed by atoms with Gasteiger partial charge in [-0.15, -0.1) is 0 Å². The van der Waals surface area contributed by atoms with Crippen LogP contribution in [0.3, 0.4) is 0 Å². The van der Waals surface area contributed by atoms with Crippen LogP contribution in [-0.2, 0) is 4.74 Å². The van der Waals surface area contributed by atoms with Gasteiger partial charge in [-0.05, 0) is 6.92 Å². The Balaban J connectivity index is 2.12. The molecule has 1 saturated heterocycles. The van der Waals surface area contributed by atoms with Crippen LogP contribution in [0, 0.1) is 5.82 Å². The molecule has 0 bridgehead atoms. The van der Waals surface area contributed by atoms with Crippen LogP contribution in [0.25, 0.3) is 0 Å². The fourth-order valence-electron chi connectivity index (χ4n) is 1.89. The lowest BCUT2D eigenvalue weighted by Crippen LogP contribution is -2.26. The van der Waals surface area contributed by atoms with Gasteiger partial charge in [0.25, 0.3) is 0 Å². The molecule has 0 unspecified atom stereocenters. The second-order valence-electron chi connectivity index (χ2n) is 4.18. The largest absolute Gasteiger partial charge is 0.491 e. The summed E-state index contributed by atoms with van der Waals surface area (Å²) in [5, 5.41) is 0. The van der Waals surface area contributed by atoms with Gasteiger partial charge in [0.2, 0.25) is 0 Å². The first-order valence-electron chi connectivity index (χ1n) is 6.17. The fourth-order valence-corrected chi connectivity index (χ4v) is 1.89. The van der Waals surface area contributed by atoms with Crippen LogP contribution in [0.15, 0.2) is 12.1 Å². The molecule has 1 aromatic rings. The van der Waals surface area contributed by atoms with E-state index in [9.17, 15) is 4.39 Å². The van der Waals surface area contributed by atoms with Crippen LogP contribution < -0.4 is 15.2 Å². The summed E-state index contributed by atoms with van der Waals surface area (Å²) in [5.41, 5.74) is 6.05. The molecule has 2 N–H and O–H groups in total. The Morgan fingerprint density at radius 2 is 2.06 bits per heavy atom. The molecule has 1 aromatic carbocycles. The lowest BCUT2D eigenvalue weighted by atomic mass is 10.1. The van der Waals surface area contributed by atoms with Crippen molar-refractivity contribution < 1.29 is 18.6 Å². The van der Waals surface area contributed by atoms with Crippen LogP contribution in [0.1, 0.15) is 19.8 Å². The quantitative estimate of drug-likeness (QED) is 0.839. The second kappa shape index (κ2) is 5.91. The highest BCUT2D eigenvalue weighted by Gasteiger charge is 2.18. The molecular formula is C13H18FNO3. The van der Waals surface area contributed by atoms with Crippen LogP contribution in [0.2, 0.25) is 0 Å². The highest BCUT2D eigenvalue weighted by Crippen LogP contribution is 2.31. The topological polar surface area (TPSA) is 53.7 Å². The number of halogens is 1. The van der Waals surface area contributed by atoms with Crippen molar-refractivity contribution in [1.82, 2.24) is 0 Å². The molecule has 1 heterocycles. The number of ether oxygens (including phenoxy) is 3. The van der Waals surface area contributed by atoms with Crippen molar-refractivity contribution >= 4 is 5.69 Å². The molecule has 0 aromatic heterocycles.